The number of aromatic hydroxyl groups is 1. The van der Waals surface area contributed by atoms with Crippen molar-refractivity contribution in [2.24, 2.45) is 0 Å². The van der Waals surface area contributed by atoms with Gasteiger partial charge >= 0.3 is 0 Å². The van der Waals surface area contributed by atoms with Crippen LogP contribution in [0.3, 0.4) is 0 Å². The van der Waals surface area contributed by atoms with Gasteiger partial charge < -0.3 is 5.11 Å². The lowest BCUT2D eigenvalue weighted by atomic mass is 9.76. The summed E-state index contributed by atoms with van der Waals surface area (Å²) in [6, 6.07) is 25.8. The Morgan fingerprint density at radius 1 is 0.700 bits per heavy atom. The summed E-state index contributed by atoms with van der Waals surface area (Å²) in [5.41, 5.74) is 2.34. The molecule has 0 saturated heterocycles. The van der Waals surface area contributed by atoms with Crippen molar-refractivity contribution in [1.29, 1.82) is 0 Å². The molecule has 3 aromatic rings. The zero-order valence-corrected chi connectivity index (χ0v) is 20.1. The molecule has 30 heavy (non-hydrogen) atoms. The molecule has 0 radical (unpaired) electrons. The summed E-state index contributed by atoms with van der Waals surface area (Å²) in [4.78, 5) is 0. The van der Waals surface area contributed by atoms with E-state index < -0.39 is 7.92 Å². The molecule has 0 atom stereocenters. The van der Waals surface area contributed by atoms with E-state index in [-0.39, 0.29) is 10.8 Å². The predicted molar refractivity (Wildman–Crippen MR) is 133 cm³/mol. The zero-order valence-electron chi connectivity index (χ0n) is 19.2. The van der Waals surface area contributed by atoms with Gasteiger partial charge in [-0.1, -0.05) is 108 Å². The summed E-state index contributed by atoms with van der Waals surface area (Å²) < 4.78 is 0. The Bertz CT molecular complexity index is 935. The quantitative estimate of drug-likeness (QED) is 0.433. The van der Waals surface area contributed by atoms with Gasteiger partial charge in [-0.25, -0.2) is 0 Å². The van der Waals surface area contributed by atoms with Crippen molar-refractivity contribution in [1.82, 2.24) is 0 Å². The third kappa shape index (κ3) is 4.47. The van der Waals surface area contributed by atoms with Crippen molar-refractivity contribution in [3.63, 3.8) is 0 Å². The van der Waals surface area contributed by atoms with Crippen LogP contribution in [0.25, 0.3) is 0 Å². The van der Waals surface area contributed by atoms with Crippen molar-refractivity contribution in [2.45, 2.75) is 65.2 Å². The van der Waals surface area contributed by atoms with Gasteiger partial charge in [0.25, 0.3) is 0 Å². The minimum absolute atomic E-state index is 0.0510. The molecule has 1 N–H and O–H groups in total. The average molecular weight is 419 g/mol. The van der Waals surface area contributed by atoms with Gasteiger partial charge in [-0.05, 0) is 53.8 Å². The van der Waals surface area contributed by atoms with Crippen LogP contribution in [0.5, 0.6) is 5.75 Å². The van der Waals surface area contributed by atoms with E-state index in [4.69, 9.17) is 0 Å². The van der Waals surface area contributed by atoms with E-state index in [2.05, 4.69) is 114 Å². The van der Waals surface area contributed by atoms with Gasteiger partial charge in [-0.15, -0.1) is 0 Å². The van der Waals surface area contributed by atoms with Crippen LogP contribution in [0.1, 0.15) is 65.5 Å². The maximum Gasteiger partial charge on any atom is 0.127 e. The van der Waals surface area contributed by atoms with E-state index in [0.717, 1.165) is 23.7 Å². The Hall–Kier alpha value is -2.11. The van der Waals surface area contributed by atoms with Gasteiger partial charge in [0, 0.05) is 10.9 Å². The molecule has 0 spiro atoms. The van der Waals surface area contributed by atoms with Gasteiger partial charge in [0.1, 0.15) is 5.75 Å². The Morgan fingerprint density at radius 2 is 1.17 bits per heavy atom. The molecule has 0 bridgehead atoms. The monoisotopic (exact) mass is 418 g/mol. The molecule has 0 fully saturated rings. The summed E-state index contributed by atoms with van der Waals surface area (Å²) in [6.07, 6.45) is 2.03. The highest BCUT2D eigenvalue weighted by molar-refractivity contribution is 7.80. The van der Waals surface area contributed by atoms with Crippen LogP contribution in [-0.2, 0) is 10.8 Å². The molecular weight excluding hydrogens is 383 g/mol. The molecule has 0 heterocycles. The van der Waals surface area contributed by atoms with Crippen LogP contribution in [0, 0.1) is 0 Å². The Labute approximate surface area is 183 Å². The summed E-state index contributed by atoms with van der Waals surface area (Å²) in [6.45, 7) is 13.5. The summed E-state index contributed by atoms with van der Waals surface area (Å²) >= 11 is 0. The number of hydrogen-bond acceptors (Lipinski definition) is 1. The van der Waals surface area contributed by atoms with Crippen LogP contribution in [0.2, 0.25) is 0 Å². The number of phenolic OH excluding ortho intramolecular Hbond substituents is 1. The zero-order chi connectivity index (χ0) is 21.9. The maximum absolute atomic E-state index is 11.6. The molecular formula is C28H35OP. The third-order valence-electron chi connectivity index (χ3n) is 6.64. The fourth-order valence-corrected chi connectivity index (χ4v) is 6.07. The first-order valence-corrected chi connectivity index (χ1v) is 12.3. The van der Waals surface area contributed by atoms with Crippen LogP contribution in [0.4, 0.5) is 0 Å². The number of rotatable bonds is 7. The Kier molecular flexibility index (Phi) is 6.73. The first-order valence-electron chi connectivity index (χ1n) is 11.0. The first kappa shape index (κ1) is 22.6. The fourth-order valence-electron chi connectivity index (χ4n) is 3.67. The minimum Gasteiger partial charge on any atom is -0.507 e. The second-order valence-electron chi connectivity index (χ2n) is 9.37. The van der Waals surface area contributed by atoms with E-state index in [1.807, 2.05) is 0 Å². The highest BCUT2D eigenvalue weighted by atomic mass is 31.1. The summed E-state index contributed by atoms with van der Waals surface area (Å²) in [7, 11) is -0.854. The molecule has 3 rings (SSSR count). The molecule has 3 aromatic carbocycles. The number of benzene rings is 3. The maximum atomic E-state index is 11.6. The molecule has 158 valence electrons. The second kappa shape index (κ2) is 8.94. The van der Waals surface area contributed by atoms with Crippen molar-refractivity contribution < 1.29 is 5.11 Å². The lowest BCUT2D eigenvalue weighted by Gasteiger charge is -2.32. The highest BCUT2D eigenvalue weighted by Crippen LogP contribution is 2.43. The summed E-state index contributed by atoms with van der Waals surface area (Å²) in [5.74, 6) is 0.469. The number of phenols is 1. The highest BCUT2D eigenvalue weighted by Gasteiger charge is 2.31. The van der Waals surface area contributed by atoms with Gasteiger partial charge in [0.05, 0.1) is 0 Å². The Balaban J connectivity index is 2.35. The van der Waals surface area contributed by atoms with Gasteiger partial charge in [-0.2, -0.15) is 0 Å². The molecule has 0 aliphatic carbocycles. The van der Waals surface area contributed by atoms with Crippen LogP contribution in [-0.4, -0.2) is 5.11 Å². The van der Waals surface area contributed by atoms with E-state index in [0.29, 0.717) is 5.75 Å². The van der Waals surface area contributed by atoms with Gasteiger partial charge in [0.2, 0.25) is 0 Å². The van der Waals surface area contributed by atoms with Gasteiger partial charge in [0.15, 0.2) is 0 Å². The molecule has 0 unspecified atom stereocenters. The Morgan fingerprint density at radius 3 is 1.60 bits per heavy atom. The molecule has 0 aliphatic heterocycles. The molecule has 0 saturated carbocycles. The van der Waals surface area contributed by atoms with Crippen LogP contribution < -0.4 is 15.9 Å². The smallest absolute Gasteiger partial charge is 0.127 e. The van der Waals surface area contributed by atoms with Crippen LogP contribution in [0.15, 0.2) is 72.8 Å². The normalized spacial score (nSPS) is 12.4. The van der Waals surface area contributed by atoms with Crippen molar-refractivity contribution in [3.05, 3.63) is 83.9 Å². The lowest BCUT2D eigenvalue weighted by molar-refractivity contribution is 0.428. The molecule has 1 nitrogen and oxygen atoms in total. The van der Waals surface area contributed by atoms with Crippen LogP contribution >= 0.6 is 7.92 Å². The SMILES string of the molecule is CCC(C)(C)c1cc(P(c2ccccc2)c2ccccc2)c(O)c(C(C)(C)CC)c1. The molecule has 0 aromatic heterocycles. The summed E-state index contributed by atoms with van der Waals surface area (Å²) in [5, 5.41) is 15.2. The van der Waals surface area contributed by atoms with Gasteiger partial charge in [-0.3, -0.25) is 0 Å². The van der Waals surface area contributed by atoms with E-state index in [1.54, 1.807) is 0 Å². The number of hydrogen-bond donors (Lipinski definition) is 1. The standard InChI is InChI=1S/C28H35OP/c1-7-27(3,4)21-19-24(28(5,6)8-2)26(29)25(20-21)30(22-15-11-9-12-16-22)23-17-13-10-14-18-23/h9-20,29H,7-8H2,1-6H3. The van der Waals surface area contributed by atoms with Crippen molar-refractivity contribution in [2.75, 3.05) is 0 Å². The molecule has 0 amide bonds. The van der Waals surface area contributed by atoms with E-state index in [1.165, 1.54) is 16.2 Å². The van der Waals surface area contributed by atoms with Crippen molar-refractivity contribution >= 4 is 23.8 Å². The average Bonchev–Trinajstić information content (AvgIpc) is 2.76. The van der Waals surface area contributed by atoms with Crippen molar-refractivity contribution in [3.8, 4) is 5.75 Å². The van der Waals surface area contributed by atoms with E-state index in [9.17, 15) is 5.11 Å². The molecule has 2 heteroatoms. The fraction of sp³-hybridized carbons (Fsp3) is 0.357. The third-order valence-corrected chi connectivity index (χ3v) is 9.09. The minimum atomic E-state index is -0.854. The molecule has 0 aliphatic rings. The second-order valence-corrected chi connectivity index (χ2v) is 11.6. The predicted octanol–water partition coefficient (Wildman–Crippen LogP) is 6.53. The topological polar surface area (TPSA) is 20.2 Å². The first-order chi connectivity index (χ1) is 14.2. The largest absolute Gasteiger partial charge is 0.507 e. The lowest BCUT2D eigenvalue weighted by Crippen LogP contribution is -2.27. The van der Waals surface area contributed by atoms with E-state index >= 15 is 0 Å².